The van der Waals surface area contributed by atoms with E-state index in [1.165, 1.54) is 11.1 Å². The number of nitrogens with one attached hydrogen (secondary N) is 1. The molecule has 0 bridgehead atoms. The summed E-state index contributed by atoms with van der Waals surface area (Å²) in [5.41, 5.74) is 5.27. The lowest BCUT2D eigenvalue weighted by molar-refractivity contribution is 0.414. The fourth-order valence-electron chi connectivity index (χ4n) is 3.98. The molecule has 0 aliphatic rings. The van der Waals surface area contributed by atoms with Gasteiger partial charge in [0, 0.05) is 18.7 Å². The third-order valence-electron chi connectivity index (χ3n) is 5.94. The van der Waals surface area contributed by atoms with Crippen molar-refractivity contribution in [3.63, 3.8) is 0 Å². The number of nitrogens with zero attached hydrogens (tertiary/aromatic N) is 4. The number of imidazole rings is 1. The molecular formula is C29H29N5OS. The summed E-state index contributed by atoms with van der Waals surface area (Å²) in [5.74, 6) is 3.24. The third kappa shape index (κ3) is 5.52. The lowest BCUT2D eigenvalue weighted by Gasteiger charge is -2.11. The Bertz CT molecular complexity index is 1420. The van der Waals surface area contributed by atoms with Gasteiger partial charge in [0.15, 0.2) is 22.1 Å². The molecule has 36 heavy (non-hydrogen) atoms. The molecule has 3 aromatic carbocycles. The van der Waals surface area contributed by atoms with Gasteiger partial charge in [-0.25, -0.2) is 15.0 Å². The Morgan fingerprint density at radius 1 is 0.806 bits per heavy atom. The molecule has 5 aromatic rings. The van der Waals surface area contributed by atoms with Crippen molar-refractivity contribution >= 4 is 28.7 Å². The molecule has 0 saturated heterocycles. The number of aromatic nitrogens is 4. The maximum absolute atomic E-state index is 5.28. The highest BCUT2D eigenvalue weighted by molar-refractivity contribution is 7.98. The van der Waals surface area contributed by atoms with Gasteiger partial charge in [-0.15, -0.1) is 0 Å². The zero-order valence-corrected chi connectivity index (χ0v) is 21.3. The molecule has 0 unspecified atom stereocenters. The van der Waals surface area contributed by atoms with Gasteiger partial charge < -0.3 is 10.1 Å². The smallest absolute Gasteiger partial charge is 0.171 e. The largest absolute Gasteiger partial charge is 0.497 e. The standard InChI is InChI=1S/C29H29N5OS/c1-3-25-31-27(30-18-21-14-16-24(35-2)17-15-21)26-28(32-25)34(19-22-10-6-4-7-11-22)29(33-26)36-20-23-12-8-5-9-13-23/h4-17H,3,18-20H2,1-2H3,(H,30,31,32). The second-order valence-corrected chi connectivity index (χ2v) is 9.40. The number of hydrogen-bond acceptors (Lipinski definition) is 6. The highest BCUT2D eigenvalue weighted by Gasteiger charge is 2.19. The highest BCUT2D eigenvalue weighted by atomic mass is 32.2. The van der Waals surface area contributed by atoms with Crippen LogP contribution < -0.4 is 10.1 Å². The average Bonchev–Trinajstić information content (AvgIpc) is 3.29. The van der Waals surface area contributed by atoms with Crippen LogP contribution in [-0.4, -0.2) is 26.6 Å². The number of benzene rings is 3. The minimum Gasteiger partial charge on any atom is -0.497 e. The molecule has 182 valence electrons. The van der Waals surface area contributed by atoms with E-state index < -0.39 is 0 Å². The predicted molar refractivity (Wildman–Crippen MR) is 147 cm³/mol. The van der Waals surface area contributed by atoms with E-state index in [9.17, 15) is 0 Å². The van der Waals surface area contributed by atoms with E-state index in [0.29, 0.717) is 13.1 Å². The van der Waals surface area contributed by atoms with Crippen LogP contribution in [0.3, 0.4) is 0 Å². The first-order valence-electron chi connectivity index (χ1n) is 12.1. The van der Waals surface area contributed by atoms with E-state index in [1.54, 1.807) is 18.9 Å². The molecule has 2 heterocycles. The monoisotopic (exact) mass is 495 g/mol. The molecule has 7 heteroatoms. The SMILES string of the molecule is CCc1nc(NCc2ccc(OC)cc2)c2nc(SCc3ccccc3)n(Cc3ccccc3)c2n1. The fourth-order valence-corrected chi connectivity index (χ4v) is 4.93. The molecule has 0 spiro atoms. The molecule has 1 N–H and O–H groups in total. The Kier molecular flexibility index (Phi) is 7.47. The molecule has 0 fully saturated rings. The van der Waals surface area contributed by atoms with Gasteiger partial charge in [0.2, 0.25) is 0 Å². The Balaban J connectivity index is 1.51. The van der Waals surface area contributed by atoms with Crippen molar-refractivity contribution in [2.45, 2.75) is 37.3 Å². The maximum atomic E-state index is 5.28. The number of ether oxygens (including phenoxy) is 1. The van der Waals surface area contributed by atoms with E-state index >= 15 is 0 Å². The Morgan fingerprint density at radius 2 is 1.50 bits per heavy atom. The number of aryl methyl sites for hydroxylation is 1. The second-order valence-electron chi connectivity index (χ2n) is 8.46. The van der Waals surface area contributed by atoms with Gasteiger partial charge in [0.1, 0.15) is 11.6 Å². The zero-order chi connectivity index (χ0) is 24.7. The van der Waals surface area contributed by atoms with E-state index in [4.69, 9.17) is 19.7 Å². The van der Waals surface area contributed by atoms with E-state index in [0.717, 1.165) is 51.4 Å². The minimum absolute atomic E-state index is 0.636. The summed E-state index contributed by atoms with van der Waals surface area (Å²) in [6, 6.07) is 29.0. The van der Waals surface area contributed by atoms with E-state index in [1.807, 2.05) is 24.3 Å². The van der Waals surface area contributed by atoms with Crippen molar-refractivity contribution in [1.82, 2.24) is 19.5 Å². The Morgan fingerprint density at radius 3 is 2.17 bits per heavy atom. The summed E-state index contributed by atoms with van der Waals surface area (Å²) in [6.45, 7) is 3.42. The van der Waals surface area contributed by atoms with Crippen LogP contribution in [0.5, 0.6) is 5.75 Å². The maximum Gasteiger partial charge on any atom is 0.171 e. The molecule has 5 rings (SSSR count). The van der Waals surface area contributed by atoms with Gasteiger partial charge in [-0.2, -0.15) is 0 Å². The molecule has 0 saturated carbocycles. The molecule has 0 amide bonds. The van der Waals surface area contributed by atoms with Crippen molar-refractivity contribution in [2.24, 2.45) is 0 Å². The van der Waals surface area contributed by atoms with Crippen molar-refractivity contribution in [2.75, 3.05) is 12.4 Å². The topological polar surface area (TPSA) is 64.9 Å². The molecular weight excluding hydrogens is 466 g/mol. The van der Waals surface area contributed by atoms with Crippen LogP contribution in [0.4, 0.5) is 5.82 Å². The van der Waals surface area contributed by atoms with Crippen LogP contribution in [0.15, 0.2) is 90.1 Å². The van der Waals surface area contributed by atoms with Crippen LogP contribution in [0.2, 0.25) is 0 Å². The molecule has 0 atom stereocenters. The summed E-state index contributed by atoms with van der Waals surface area (Å²) in [6.07, 6.45) is 0.746. The number of fused-ring (bicyclic) bond motifs is 1. The number of hydrogen-bond donors (Lipinski definition) is 1. The van der Waals surface area contributed by atoms with Crippen LogP contribution in [-0.2, 0) is 25.3 Å². The summed E-state index contributed by atoms with van der Waals surface area (Å²) >= 11 is 1.73. The van der Waals surface area contributed by atoms with Gasteiger partial charge in [-0.1, -0.05) is 91.5 Å². The van der Waals surface area contributed by atoms with Crippen LogP contribution in [0.25, 0.3) is 11.2 Å². The molecule has 2 aromatic heterocycles. The lowest BCUT2D eigenvalue weighted by Crippen LogP contribution is -2.07. The lowest BCUT2D eigenvalue weighted by atomic mass is 10.2. The first kappa shape index (κ1) is 23.9. The van der Waals surface area contributed by atoms with Gasteiger partial charge in [-0.3, -0.25) is 4.57 Å². The normalized spacial score (nSPS) is 11.1. The number of methoxy groups -OCH3 is 1. The van der Waals surface area contributed by atoms with Crippen molar-refractivity contribution in [1.29, 1.82) is 0 Å². The van der Waals surface area contributed by atoms with Crippen LogP contribution in [0.1, 0.15) is 29.4 Å². The fraction of sp³-hybridized carbons (Fsp3) is 0.207. The first-order chi connectivity index (χ1) is 17.7. The number of rotatable bonds is 10. The molecule has 0 aliphatic heterocycles. The Hall–Kier alpha value is -3.84. The molecule has 0 aliphatic carbocycles. The highest BCUT2D eigenvalue weighted by Crippen LogP contribution is 2.30. The van der Waals surface area contributed by atoms with Crippen molar-refractivity contribution in [3.05, 3.63) is 107 Å². The Labute approximate surface area is 215 Å². The minimum atomic E-state index is 0.636. The summed E-state index contributed by atoms with van der Waals surface area (Å²) in [5, 5.41) is 4.46. The summed E-state index contributed by atoms with van der Waals surface area (Å²) < 4.78 is 7.50. The van der Waals surface area contributed by atoms with Gasteiger partial charge >= 0.3 is 0 Å². The quantitative estimate of drug-likeness (QED) is 0.228. The van der Waals surface area contributed by atoms with Crippen molar-refractivity contribution < 1.29 is 4.74 Å². The summed E-state index contributed by atoms with van der Waals surface area (Å²) in [4.78, 5) is 14.8. The predicted octanol–water partition coefficient (Wildman–Crippen LogP) is 6.35. The van der Waals surface area contributed by atoms with E-state index in [-0.39, 0.29) is 0 Å². The van der Waals surface area contributed by atoms with Gasteiger partial charge in [0.05, 0.1) is 13.7 Å². The second kappa shape index (κ2) is 11.3. The van der Waals surface area contributed by atoms with Gasteiger partial charge in [-0.05, 0) is 28.8 Å². The number of anilines is 1. The zero-order valence-electron chi connectivity index (χ0n) is 20.5. The number of thioether (sulfide) groups is 1. The average molecular weight is 496 g/mol. The molecule has 0 radical (unpaired) electrons. The third-order valence-corrected chi connectivity index (χ3v) is 6.98. The molecule has 6 nitrogen and oxygen atoms in total. The van der Waals surface area contributed by atoms with Gasteiger partial charge in [0.25, 0.3) is 0 Å². The van der Waals surface area contributed by atoms with E-state index in [2.05, 4.69) is 77.5 Å². The first-order valence-corrected chi connectivity index (χ1v) is 13.1. The van der Waals surface area contributed by atoms with Crippen LogP contribution >= 0.6 is 11.8 Å². The van der Waals surface area contributed by atoms with Crippen molar-refractivity contribution in [3.8, 4) is 5.75 Å². The van der Waals surface area contributed by atoms with Crippen LogP contribution in [0, 0.1) is 0 Å². The summed E-state index contributed by atoms with van der Waals surface area (Å²) in [7, 11) is 1.68.